The molecule has 1 aromatic rings. The van der Waals surface area contributed by atoms with Gasteiger partial charge in [0, 0.05) is 16.6 Å². The van der Waals surface area contributed by atoms with Gasteiger partial charge in [-0.2, -0.15) is 5.26 Å². The number of nitrogens with two attached hydrogens (primary N) is 1. The molecule has 1 atom stereocenters. The summed E-state index contributed by atoms with van der Waals surface area (Å²) in [6, 6.07) is 6.99. The van der Waals surface area contributed by atoms with E-state index in [1.165, 1.54) is 0 Å². The predicted octanol–water partition coefficient (Wildman–Crippen LogP) is 1.25. The summed E-state index contributed by atoms with van der Waals surface area (Å²) < 4.78 is 5.42. The maximum absolute atomic E-state index is 11.3. The molecule has 0 aromatic heterocycles. The number of hydrogen-bond donors (Lipinski definition) is 2. The monoisotopic (exact) mass is 281 g/mol. The molecule has 0 heterocycles. The second-order valence-electron chi connectivity index (χ2n) is 4.12. The van der Waals surface area contributed by atoms with Crippen LogP contribution in [0.25, 0.3) is 0 Å². The van der Waals surface area contributed by atoms with Gasteiger partial charge >= 0.3 is 0 Å². The fourth-order valence-electron chi connectivity index (χ4n) is 1.53. The van der Waals surface area contributed by atoms with E-state index in [-0.39, 0.29) is 25.1 Å². The number of nitriles is 1. The van der Waals surface area contributed by atoms with E-state index in [0.29, 0.717) is 17.2 Å². The van der Waals surface area contributed by atoms with Crippen LogP contribution in [0.2, 0.25) is 5.02 Å². The topological polar surface area (TPSA) is 88.1 Å². The Balaban J connectivity index is 2.70. The molecule has 5 nitrogen and oxygen atoms in total. The maximum Gasteiger partial charge on any atom is 0.258 e. The van der Waals surface area contributed by atoms with Gasteiger partial charge in [-0.05, 0) is 25.5 Å². The minimum atomic E-state index is -0.353. The lowest BCUT2D eigenvalue weighted by Gasteiger charge is -2.14. The first-order valence-corrected chi connectivity index (χ1v) is 6.21. The van der Waals surface area contributed by atoms with Gasteiger partial charge < -0.3 is 15.8 Å². The fraction of sp³-hybridized carbons (Fsp3) is 0.385. The number of halogens is 1. The summed E-state index contributed by atoms with van der Waals surface area (Å²) in [4.78, 5) is 11.3. The molecule has 0 saturated carbocycles. The zero-order valence-electron chi connectivity index (χ0n) is 10.6. The highest BCUT2D eigenvalue weighted by molar-refractivity contribution is 6.31. The van der Waals surface area contributed by atoms with Crippen molar-refractivity contribution in [2.75, 3.05) is 13.2 Å². The Kier molecular flexibility index (Phi) is 6.13. The van der Waals surface area contributed by atoms with Gasteiger partial charge in [-0.25, -0.2) is 0 Å². The largest absolute Gasteiger partial charge is 0.483 e. The first-order valence-electron chi connectivity index (χ1n) is 5.84. The average Bonchev–Trinajstić information content (AvgIpc) is 2.36. The molecule has 1 rings (SSSR count). The Morgan fingerprint density at radius 1 is 1.63 bits per heavy atom. The summed E-state index contributed by atoms with van der Waals surface area (Å²) in [6.07, 6.45) is 0.564. The lowest BCUT2D eigenvalue weighted by atomic mass is 10.1. The van der Waals surface area contributed by atoms with Crippen molar-refractivity contribution >= 4 is 17.5 Å². The molecule has 0 fully saturated rings. The third-order valence-electron chi connectivity index (χ3n) is 2.33. The van der Waals surface area contributed by atoms with Gasteiger partial charge in [0.25, 0.3) is 5.91 Å². The number of nitrogens with one attached hydrogen (secondary N) is 1. The van der Waals surface area contributed by atoms with Gasteiger partial charge in [-0.3, -0.25) is 4.79 Å². The molecule has 3 N–H and O–H groups in total. The number of carbonyl (C=O) groups is 1. The molecular formula is C13H16ClN3O2. The molecule has 0 radical (unpaired) electrons. The van der Waals surface area contributed by atoms with Crippen LogP contribution in [0.1, 0.15) is 12.5 Å². The van der Waals surface area contributed by atoms with Crippen LogP contribution in [0.15, 0.2) is 18.2 Å². The minimum Gasteiger partial charge on any atom is -0.483 e. The predicted molar refractivity (Wildman–Crippen MR) is 72.9 cm³/mol. The molecule has 0 aliphatic heterocycles. The van der Waals surface area contributed by atoms with Crippen molar-refractivity contribution in [2.45, 2.75) is 19.4 Å². The van der Waals surface area contributed by atoms with Crippen LogP contribution in [-0.4, -0.2) is 25.1 Å². The highest BCUT2D eigenvalue weighted by Gasteiger charge is 2.11. The normalized spacial score (nSPS) is 11.5. The zero-order valence-corrected chi connectivity index (χ0v) is 11.4. The van der Waals surface area contributed by atoms with Gasteiger partial charge in [0.15, 0.2) is 6.61 Å². The number of benzene rings is 1. The van der Waals surface area contributed by atoms with Crippen molar-refractivity contribution in [3.05, 3.63) is 28.8 Å². The van der Waals surface area contributed by atoms with Crippen LogP contribution in [-0.2, 0) is 11.2 Å². The Morgan fingerprint density at radius 2 is 2.37 bits per heavy atom. The Bertz CT molecular complexity index is 483. The number of ether oxygens (including phenoxy) is 1. The third-order valence-corrected chi connectivity index (χ3v) is 2.68. The number of amides is 1. The molecule has 1 amide bonds. The molecule has 0 bridgehead atoms. The first-order chi connectivity index (χ1) is 9.04. The van der Waals surface area contributed by atoms with Crippen molar-refractivity contribution in [1.29, 1.82) is 5.26 Å². The standard InChI is InChI=1S/C13H16ClN3O2/c1-9(16)7-10-11(14)3-2-4-12(10)19-8-13(18)17-6-5-15/h2-4,9H,6-8,16H2,1H3,(H,17,18). The Labute approximate surface area is 117 Å². The van der Waals surface area contributed by atoms with E-state index in [1.807, 2.05) is 13.0 Å². The van der Waals surface area contributed by atoms with Gasteiger partial charge in [0.05, 0.1) is 6.07 Å². The minimum absolute atomic E-state index is 0.0373. The van der Waals surface area contributed by atoms with Gasteiger partial charge in [-0.1, -0.05) is 17.7 Å². The highest BCUT2D eigenvalue weighted by atomic mass is 35.5. The molecule has 102 valence electrons. The molecule has 1 aromatic carbocycles. The van der Waals surface area contributed by atoms with Gasteiger partial charge in [0.1, 0.15) is 12.3 Å². The zero-order chi connectivity index (χ0) is 14.3. The van der Waals surface area contributed by atoms with E-state index in [9.17, 15) is 4.79 Å². The van der Waals surface area contributed by atoms with Crippen molar-refractivity contribution in [2.24, 2.45) is 5.73 Å². The molecule has 0 saturated heterocycles. The summed E-state index contributed by atoms with van der Waals surface area (Å²) in [5.41, 5.74) is 6.54. The maximum atomic E-state index is 11.3. The summed E-state index contributed by atoms with van der Waals surface area (Å²) in [7, 11) is 0. The van der Waals surface area contributed by atoms with E-state index in [0.717, 1.165) is 5.56 Å². The molecule has 19 heavy (non-hydrogen) atoms. The summed E-state index contributed by atoms with van der Waals surface area (Å²) in [5.74, 6) is 0.185. The molecule has 0 aliphatic rings. The van der Waals surface area contributed by atoms with E-state index in [1.54, 1.807) is 18.2 Å². The van der Waals surface area contributed by atoms with E-state index in [4.69, 9.17) is 27.3 Å². The summed E-state index contributed by atoms with van der Waals surface area (Å²) >= 11 is 6.09. The SMILES string of the molecule is CC(N)Cc1c(Cl)cccc1OCC(=O)NCC#N. The second-order valence-corrected chi connectivity index (χ2v) is 4.53. The van der Waals surface area contributed by atoms with Crippen molar-refractivity contribution in [3.63, 3.8) is 0 Å². The van der Waals surface area contributed by atoms with Crippen LogP contribution in [0.4, 0.5) is 0 Å². The Hall–Kier alpha value is -1.77. The third kappa shape index (κ3) is 5.16. The molecular weight excluding hydrogens is 266 g/mol. The highest BCUT2D eigenvalue weighted by Crippen LogP contribution is 2.27. The van der Waals surface area contributed by atoms with Crippen LogP contribution in [0, 0.1) is 11.3 Å². The number of rotatable bonds is 6. The number of nitrogens with zero attached hydrogens (tertiary/aromatic N) is 1. The number of carbonyl (C=O) groups excluding carboxylic acids is 1. The van der Waals surface area contributed by atoms with E-state index < -0.39 is 0 Å². The van der Waals surface area contributed by atoms with Crippen LogP contribution >= 0.6 is 11.6 Å². The van der Waals surface area contributed by atoms with Crippen LogP contribution in [0.5, 0.6) is 5.75 Å². The molecule has 0 aliphatic carbocycles. The second kappa shape index (κ2) is 7.62. The first kappa shape index (κ1) is 15.3. The van der Waals surface area contributed by atoms with Crippen LogP contribution < -0.4 is 15.8 Å². The van der Waals surface area contributed by atoms with Crippen molar-refractivity contribution in [1.82, 2.24) is 5.32 Å². The molecule has 6 heteroatoms. The average molecular weight is 282 g/mol. The van der Waals surface area contributed by atoms with E-state index in [2.05, 4.69) is 5.32 Å². The van der Waals surface area contributed by atoms with Gasteiger partial charge in [0.2, 0.25) is 0 Å². The Morgan fingerprint density at radius 3 is 3.00 bits per heavy atom. The van der Waals surface area contributed by atoms with Crippen molar-refractivity contribution < 1.29 is 9.53 Å². The molecule has 1 unspecified atom stereocenters. The quantitative estimate of drug-likeness (QED) is 0.768. The van der Waals surface area contributed by atoms with Crippen LogP contribution in [0.3, 0.4) is 0 Å². The lowest BCUT2D eigenvalue weighted by Crippen LogP contribution is -2.29. The smallest absolute Gasteiger partial charge is 0.258 e. The summed E-state index contributed by atoms with van der Waals surface area (Å²) in [5, 5.41) is 11.3. The fourth-order valence-corrected chi connectivity index (χ4v) is 1.77. The van der Waals surface area contributed by atoms with E-state index >= 15 is 0 Å². The summed E-state index contributed by atoms with van der Waals surface area (Å²) in [6.45, 7) is 1.67. The van der Waals surface area contributed by atoms with Gasteiger partial charge in [-0.15, -0.1) is 0 Å². The lowest BCUT2D eigenvalue weighted by molar-refractivity contribution is -0.122. The molecule has 0 spiro atoms. The number of hydrogen-bond acceptors (Lipinski definition) is 4. The van der Waals surface area contributed by atoms with Crippen molar-refractivity contribution in [3.8, 4) is 11.8 Å².